The van der Waals surface area contributed by atoms with Gasteiger partial charge in [0.25, 0.3) is 0 Å². The van der Waals surface area contributed by atoms with Crippen molar-refractivity contribution in [2.75, 3.05) is 19.5 Å². The number of hydrogen-bond acceptors (Lipinski definition) is 5. The molecule has 0 bridgehead atoms. The molecule has 2 rings (SSSR count). The first kappa shape index (κ1) is 13.0. The number of aryl methyl sites for hydroxylation is 1. The minimum atomic E-state index is 0.718. The van der Waals surface area contributed by atoms with Crippen LogP contribution in [0, 0.1) is 6.92 Å². The van der Waals surface area contributed by atoms with E-state index in [4.69, 9.17) is 4.74 Å². The van der Waals surface area contributed by atoms with Crippen molar-refractivity contribution in [3.8, 4) is 11.4 Å². The molecule has 0 aliphatic rings. The Labute approximate surface area is 111 Å². The topological polar surface area (TPSA) is 47.9 Å². The van der Waals surface area contributed by atoms with E-state index in [-0.39, 0.29) is 0 Å². The molecule has 0 amide bonds. The summed E-state index contributed by atoms with van der Waals surface area (Å²) in [5.41, 5.74) is 1.90. The van der Waals surface area contributed by atoms with Crippen molar-refractivity contribution in [2.24, 2.45) is 0 Å². The molecule has 2 aromatic rings. The zero-order valence-corrected chi connectivity index (χ0v) is 11.3. The van der Waals surface area contributed by atoms with Crippen LogP contribution in [-0.2, 0) is 4.74 Å². The van der Waals surface area contributed by atoms with Gasteiger partial charge < -0.3 is 4.74 Å². The lowest BCUT2D eigenvalue weighted by atomic mass is 10.2. The van der Waals surface area contributed by atoms with Crippen LogP contribution in [0.4, 0.5) is 0 Å². The molecule has 0 aliphatic heterocycles. The smallest absolute Gasteiger partial charge is 0.162 e. The predicted molar refractivity (Wildman–Crippen MR) is 72.6 cm³/mol. The Morgan fingerprint density at radius 3 is 2.94 bits per heavy atom. The maximum Gasteiger partial charge on any atom is 0.162 e. The van der Waals surface area contributed by atoms with Crippen LogP contribution in [0.2, 0.25) is 0 Å². The summed E-state index contributed by atoms with van der Waals surface area (Å²) >= 11 is 1.67. The van der Waals surface area contributed by atoms with Gasteiger partial charge in [-0.2, -0.15) is 0 Å². The highest BCUT2D eigenvalue weighted by Gasteiger charge is 2.05. The van der Waals surface area contributed by atoms with E-state index in [1.165, 1.54) is 0 Å². The molecule has 0 spiro atoms. The highest BCUT2D eigenvalue weighted by atomic mass is 32.2. The van der Waals surface area contributed by atoms with Gasteiger partial charge >= 0.3 is 0 Å². The maximum absolute atomic E-state index is 5.03. The van der Waals surface area contributed by atoms with E-state index in [1.54, 1.807) is 31.3 Å². The Morgan fingerprint density at radius 2 is 2.22 bits per heavy atom. The summed E-state index contributed by atoms with van der Waals surface area (Å²) in [5.74, 6) is 1.61. The molecule has 2 aromatic heterocycles. The number of aromatic nitrogens is 3. The lowest BCUT2D eigenvalue weighted by Gasteiger charge is -2.05. The van der Waals surface area contributed by atoms with E-state index in [0.717, 1.165) is 34.5 Å². The van der Waals surface area contributed by atoms with Gasteiger partial charge in [0.2, 0.25) is 0 Å². The van der Waals surface area contributed by atoms with Crippen LogP contribution < -0.4 is 0 Å². The highest BCUT2D eigenvalue weighted by Crippen LogP contribution is 2.20. The normalized spacial score (nSPS) is 10.6. The maximum atomic E-state index is 5.03. The van der Waals surface area contributed by atoms with E-state index in [1.807, 2.05) is 25.1 Å². The minimum Gasteiger partial charge on any atom is -0.384 e. The van der Waals surface area contributed by atoms with Crippen molar-refractivity contribution < 1.29 is 4.74 Å². The van der Waals surface area contributed by atoms with Gasteiger partial charge in [-0.3, -0.25) is 4.98 Å². The molecular weight excluding hydrogens is 246 g/mol. The van der Waals surface area contributed by atoms with Crippen molar-refractivity contribution in [2.45, 2.75) is 11.9 Å². The molecule has 5 heteroatoms. The molecule has 94 valence electrons. The molecule has 0 aromatic carbocycles. The first-order valence-corrected chi connectivity index (χ1v) is 6.66. The van der Waals surface area contributed by atoms with Crippen LogP contribution in [0.25, 0.3) is 11.4 Å². The van der Waals surface area contributed by atoms with E-state index < -0.39 is 0 Å². The third-order valence-corrected chi connectivity index (χ3v) is 3.16. The Hall–Kier alpha value is -1.46. The lowest BCUT2D eigenvalue weighted by molar-refractivity contribution is 0.218. The Morgan fingerprint density at radius 1 is 1.33 bits per heavy atom. The first-order chi connectivity index (χ1) is 8.79. The number of thioether (sulfide) groups is 1. The molecule has 0 radical (unpaired) electrons. The summed E-state index contributed by atoms with van der Waals surface area (Å²) in [7, 11) is 1.70. The number of nitrogens with zero attached hydrogens (tertiary/aromatic N) is 3. The van der Waals surface area contributed by atoms with Gasteiger partial charge in [-0.15, -0.1) is 11.8 Å². The van der Waals surface area contributed by atoms with Crippen molar-refractivity contribution in [1.82, 2.24) is 15.0 Å². The van der Waals surface area contributed by atoms with Crippen molar-refractivity contribution >= 4 is 11.8 Å². The van der Waals surface area contributed by atoms with Gasteiger partial charge in [-0.1, -0.05) is 0 Å². The van der Waals surface area contributed by atoms with Gasteiger partial charge in [0.15, 0.2) is 5.82 Å². The Kier molecular flexibility index (Phi) is 4.66. The fourth-order valence-electron chi connectivity index (χ4n) is 1.47. The third-order valence-electron chi connectivity index (χ3n) is 2.29. The molecule has 2 heterocycles. The van der Waals surface area contributed by atoms with Crippen LogP contribution in [0.15, 0.2) is 35.6 Å². The Balaban J connectivity index is 2.21. The van der Waals surface area contributed by atoms with Gasteiger partial charge in [-0.05, 0) is 25.1 Å². The molecular formula is C13H15N3OS. The lowest BCUT2D eigenvalue weighted by Crippen LogP contribution is -1.97. The van der Waals surface area contributed by atoms with Crippen molar-refractivity contribution in [3.05, 3.63) is 36.3 Å². The quantitative estimate of drug-likeness (QED) is 0.470. The van der Waals surface area contributed by atoms with Crippen molar-refractivity contribution in [3.63, 3.8) is 0 Å². The minimum absolute atomic E-state index is 0.718. The second kappa shape index (κ2) is 6.47. The summed E-state index contributed by atoms with van der Waals surface area (Å²) in [5, 5.41) is 0.971. The molecule has 18 heavy (non-hydrogen) atoms. The number of rotatable bonds is 5. The first-order valence-electron chi connectivity index (χ1n) is 5.67. The van der Waals surface area contributed by atoms with Crippen molar-refractivity contribution in [1.29, 1.82) is 0 Å². The fourth-order valence-corrected chi connectivity index (χ4v) is 2.33. The van der Waals surface area contributed by atoms with Gasteiger partial charge in [0, 0.05) is 36.5 Å². The van der Waals surface area contributed by atoms with Crippen LogP contribution >= 0.6 is 11.8 Å². The van der Waals surface area contributed by atoms with Crippen LogP contribution in [0.5, 0.6) is 0 Å². The summed E-state index contributed by atoms with van der Waals surface area (Å²) in [6.45, 7) is 2.69. The molecule has 0 saturated carbocycles. The predicted octanol–water partition coefficient (Wildman–Crippen LogP) is 2.59. The molecule has 0 saturated heterocycles. The second-order valence-electron chi connectivity index (χ2n) is 3.75. The summed E-state index contributed by atoms with van der Waals surface area (Å²) in [6, 6.07) is 5.84. The average Bonchev–Trinajstić information content (AvgIpc) is 2.39. The SMILES string of the molecule is COCCSc1cc(C)nc(-c2cccnc2)n1. The summed E-state index contributed by atoms with van der Waals surface area (Å²) in [6.07, 6.45) is 3.52. The largest absolute Gasteiger partial charge is 0.384 e. The Bertz CT molecular complexity index is 505. The third kappa shape index (κ3) is 3.51. The standard InChI is InChI=1S/C13H15N3OS/c1-10-8-12(18-7-6-17-2)16-13(15-10)11-4-3-5-14-9-11/h3-5,8-9H,6-7H2,1-2H3. The van der Waals surface area contributed by atoms with Crippen LogP contribution in [0.3, 0.4) is 0 Å². The van der Waals surface area contributed by atoms with E-state index in [2.05, 4.69) is 15.0 Å². The van der Waals surface area contributed by atoms with E-state index in [9.17, 15) is 0 Å². The molecule has 4 nitrogen and oxygen atoms in total. The molecule has 0 unspecified atom stereocenters. The van der Waals surface area contributed by atoms with Gasteiger partial charge in [-0.25, -0.2) is 9.97 Å². The zero-order valence-electron chi connectivity index (χ0n) is 10.5. The number of hydrogen-bond donors (Lipinski definition) is 0. The number of ether oxygens (including phenoxy) is 1. The highest BCUT2D eigenvalue weighted by molar-refractivity contribution is 7.99. The molecule has 0 atom stereocenters. The van der Waals surface area contributed by atoms with E-state index in [0.29, 0.717) is 0 Å². The fraction of sp³-hybridized carbons (Fsp3) is 0.308. The monoisotopic (exact) mass is 261 g/mol. The summed E-state index contributed by atoms with van der Waals surface area (Å²) in [4.78, 5) is 13.1. The number of pyridine rings is 1. The van der Waals surface area contributed by atoms with Gasteiger partial charge in [0.1, 0.15) is 5.03 Å². The van der Waals surface area contributed by atoms with Crippen LogP contribution in [0.1, 0.15) is 5.69 Å². The average molecular weight is 261 g/mol. The summed E-state index contributed by atoms with van der Waals surface area (Å²) < 4.78 is 5.03. The van der Waals surface area contributed by atoms with Crippen LogP contribution in [-0.4, -0.2) is 34.4 Å². The second-order valence-corrected chi connectivity index (χ2v) is 4.87. The zero-order chi connectivity index (χ0) is 12.8. The molecule has 0 fully saturated rings. The van der Waals surface area contributed by atoms with E-state index >= 15 is 0 Å². The van der Waals surface area contributed by atoms with Gasteiger partial charge in [0.05, 0.1) is 6.61 Å². The number of methoxy groups -OCH3 is 1. The molecule has 0 N–H and O–H groups in total. The molecule has 0 aliphatic carbocycles.